The summed E-state index contributed by atoms with van der Waals surface area (Å²) in [6.07, 6.45) is 10.1. The van der Waals surface area contributed by atoms with Gasteiger partial charge in [-0.15, -0.1) is 0 Å². The number of hydrogen-bond acceptors (Lipinski definition) is 6. The third kappa shape index (κ3) is 6.62. The first kappa shape index (κ1) is 34.2. The molecule has 0 atom stereocenters. The van der Waals surface area contributed by atoms with E-state index in [9.17, 15) is 10.5 Å². The van der Waals surface area contributed by atoms with Crippen molar-refractivity contribution >= 4 is 71.6 Å². The molecule has 0 saturated carbocycles. The van der Waals surface area contributed by atoms with Crippen molar-refractivity contribution in [1.82, 2.24) is 19.9 Å². The summed E-state index contributed by atoms with van der Waals surface area (Å²) in [4.78, 5) is 15.7. The van der Waals surface area contributed by atoms with Crippen LogP contribution >= 0.6 is 27.5 Å². The number of halogens is 2. The Morgan fingerprint density at radius 3 is 1.57 bits per heavy atom. The molecular formula is C44H26BrClN6O2. The molecule has 0 amide bonds. The lowest BCUT2D eigenvalue weighted by Gasteiger charge is -2.22. The maximum absolute atomic E-state index is 11.4. The fraction of sp³-hybridized carbons (Fsp3) is 0. The second-order valence-electron chi connectivity index (χ2n) is 12.1. The SMILES string of the molecule is N#C/C(=C(/C(=C(/C#N)c1c[nH]c2ccc(Br)cc12)c1cnccc1Oc1ccccc1)c1cnccc1Oc1ccccc1)c1c[nH]c2ccc(Cl)cc12. The van der Waals surface area contributed by atoms with E-state index in [1.165, 1.54) is 0 Å². The lowest BCUT2D eigenvalue weighted by Crippen LogP contribution is -2.03. The molecule has 0 aliphatic rings. The summed E-state index contributed by atoms with van der Waals surface area (Å²) in [6, 6.07) is 38.4. The van der Waals surface area contributed by atoms with Gasteiger partial charge in [-0.1, -0.05) is 63.9 Å². The number of H-pyrrole nitrogens is 2. The molecule has 0 saturated heterocycles. The number of allylic oxidation sites excluding steroid dienone is 4. The molecule has 0 bridgehead atoms. The summed E-state index contributed by atoms with van der Waals surface area (Å²) in [5.74, 6) is 1.96. The molecule has 4 aromatic carbocycles. The number of benzene rings is 4. The minimum absolute atomic E-state index is 0.229. The molecule has 4 aromatic heterocycles. The van der Waals surface area contributed by atoms with Gasteiger partial charge >= 0.3 is 0 Å². The fourth-order valence-corrected chi connectivity index (χ4v) is 6.97. The summed E-state index contributed by atoms with van der Waals surface area (Å²) >= 11 is 10.2. The molecule has 0 aliphatic carbocycles. The summed E-state index contributed by atoms with van der Waals surface area (Å²) in [5, 5.41) is 24.7. The smallest absolute Gasteiger partial charge is 0.138 e. The Morgan fingerprint density at radius 1 is 0.593 bits per heavy atom. The number of ether oxygens (including phenoxy) is 2. The lowest BCUT2D eigenvalue weighted by atomic mass is 9.82. The van der Waals surface area contributed by atoms with Crippen LogP contribution in [-0.2, 0) is 0 Å². The van der Waals surface area contributed by atoms with Crippen LogP contribution in [0.4, 0.5) is 0 Å². The van der Waals surface area contributed by atoms with Crippen molar-refractivity contribution in [1.29, 1.82) is 10.5 Å². The van der Waals surface area contributed by atoms with Gasteiger partial charge in [0.1, 0.15) is 35.1 Å². The average molecular weight is 786 g/mol. The van der Waals surface area contributed by atoms with Crippen molar-refractivity contribution in [2.24, 2.45) is 0 Å². The molecule has 0 spiro atoms. The van der Waals surface area contributed by atoms with Crippen molar-refractivity contribution in [2.45, 2.75) is 0 Å². The van der Waals surface area contributed by atoms with Crippen molar-refractivity contribution in [3.05, 3.63) is 178 Å². The highest BCUT2D eigenvalue weighted by Gasteiger charge is 2.29. The number of pyridine rings is 2. The number of nitriles is 2. The molecule has 258 valence electrons. The van der Waals surface area contributed by atoms with Crippen LogP contribution in [0.3, 0.4) is 0 Å². The van der Waals surface area contributed by atoms with Crippen molar-refractivity contribution in [2.75, 3.05) is 0 Å². The first-order valence-corrected chi connectivity index (χ1v) is 17.9. The number of aromatic amines is 2. The fourth-order valence-electron chi connectivity index (χ4n) is 6.44. The molecule has 10 heteroatoms. The first-order valence-electron chi connectivity index (χ1n) is 16.7. The normalized spacial score (nSPS) is 12.1. The van der Waals surface area contributed by atoms with E-state index in [2.05, 4.69) is 48.0 Å². The van der Waals surface area contributed by atoms with E-state index in [1.54, 1.807) is 55.4 Å². The molecule has 0 fully saturated rings. The van der Waals surface area contributed by atoms with E-state index in [-0.39, 0.29) is 11.1 Å². The van der Waals surface area contributed by atoms with Crippen LogP contribution in [0.15, 0.2) is 151 Å². The van der Waals surface area contributed by atoms with Crippen LogP contribution in [0.5, 0.6) is 23.0 Å². The van der Waals surface area contributed by atoms with Crippen LogP contribution in [0.25, 0.3) is 44.1 Å². The Balaban J connectivity index is 1.54. The summed E-state index contributed by atoms with van der Waals surface area (Å²) in [5.41, 5.74) is 4.88. The Labute approximate surface area is 323 Å². The molecule has 54 heavy (non-hydrogen) atoms. The number of nitrogens with one attached hydrogen (secondary N) is 2. The van der Waals surface area contributed by atoms with Crippen LogP contribution in [0, 0.1) is 22.7 Å². The number of hydrogen-bond donors (Lipinski definition) is 2. The summed E-state index contributed by atoms with van der Waals surface area (Å²) in [6.45, 7) is 0. The Kier molecular flexibility index (Phi) is 9.49. The van der Waals surface area contributed by atoms with Gasteiger partial charge in [-0.2, -0.15) is 10.5 Å². The second kappa shape index (κ2) is 15.0. The Hall–Kier alpha value is -6.91. The van der Waals surface area contributed by atoms with Gasteiger partial charge in [0.2, 0.25) is 0 Å². The topological polar surface area (TPSA) is 123 Å². The lowest BCUT2D eigenvalue weighted by molar-refractivity contribution is 0.479. The Morgan fingerprint density at radius 2 is 1.07 bits per heavy atom. The minimum atomic E-state index is 0.229. The highest BCUT2D eigenvalue weighted by Crippen LogP contribution is 2.49. The van der Waals surface area contributed by atoms with Crippen molar-refractivity contribution in [3.8, 4) is 35.1 Å². The third-order valence-corrected chi connectivity index (χ3v) is 9.57. The number of para-hydroxylation sites is 2. The zero-order valence-electron chi connectivity index (χ0n) is 28.2. The monoisotopic (exact) mass is 784 g/mol. The van der Waals surface area contributed by atoms with E-state index >= 15 is 0 Å². The number of rotatable bonds is 9. The first-order chi connectivity index (χ1) is 26.5. The van der Waals surface area contributed by atoms with Crippen molar-refractivity contribution in [3.63, 3.8) is 0 Å². The largest absolute Gasteiger partial charge is 0.457 e. The molecule has 4 heterocycles. The van der Waals surface area contributed by atoms with Crippen LogP contribution < -0.4 is 9.47 Å². The summed E-state index contributed by atoms with van der Waals surface area (Å²) in [7, 11) is 0. The molecule has 0 radical (unpaired) electrons. The van der Waals surface area contributed by atoms with Crippen molar-refractivity contribution < 1.29 is 9.47 Å². The van der Waals surface area contributed by atoms with E-state index in [0.717, 1.165) is 20.9 Å². The molecular weight excluding hydrogens is 760 g/mol. The predicted octanol–water partition coefficient (Wildman–Crippen LogP) is 12.0. The predicted molar refractivity (Wildman–Crippen MR) is 216 cm³/mol. The minimum Gasteiger partial charge on any atom is -0.457 e. The standard InChI is InChI=1S/C44H26BrClN6O2/c45-27-11-13-39-31(19-27)35(25-51-39)33(21-47)43(37-23-49-17-15-41(37)53-29-7-3-1-4-8-29)44(34(22-48)36-26-52-40-14-12-28(46)20-32(36)40)38-24-50-18-16-42(38)54-30-9-5-2-6-10-30/h1-20,23-26,51-52H/b43-33-,44-34-. The zero-order valence-corrected chi connectivity index (χ0v) is 30.6. The Bertz CT molecular complexity index is 2640. The van der Waals surface area contributed by atoms with Crippen LogP contribution in [0.2, 0.25) is 5.02 Å². The van der Waals surface area contributed by atoms with E-state index in [4.69, 9.17) is 21.1 Å². The second-order valence-corrected chi connectivity index (χ2v) is 13.4. The molecule has 8 rings (SSSR count). The van der Waals surface area contributed by atoms with E-state index < -0.39 is 0 Å². The van der Waals surface area contributed by atoms with Gasteiger partial charge in [-0.05, 0) is 72.8 Å². The number of nitrogens with zero attached hydrogens (tertiary/aromatic N) is 4. The van der Waals surface area contributed by atoms with Gasteiger partial charge in [0.25, 0.3) is 0 Å². The molecule has 0 unspecified atom stereocenters. The maximum Gasteiger partial charge on any atom is 0.138 e. The zero-order chi connectivity index (χ0) is 37.0. The molecule has 8 aromatic rings. The highest BCUT2D eigenvalue weighted by molar-refractivity contribution is 9.10. The van der Waals surface area contributed by atoms with Crippen LogP contribution in [-0.4, -0.2) is 19.9 Å². The van der Waals surface area contributed by atoms with E-state index in [0.29, 0.717) is 66.8 Å². The van der Waals surface area contributed by atoms with Gasteiger partial charge in [-0.3, -0.25) is 9.97 Å². The molecule has 2 N–H and O–H groups in total. The number of fused-ring (bicyclic) bond motifs is 2. The van der Waals surface area contributed by atoms with Gasteiger partial charge in [0, 0.05) is 102 Å². The maximum atomic E-state index is 11.4. The summed E-state index contributed by atoms with van der Waals surface area (Å²) < 4.78 is 13.9. The van der Waals surface area contributed by atoms with Gasteiger partial charge in [0.05, 0.1) is 11.1 Å². The average Bonchev–Trinajstić information content (AvgIpc) is 3.81. The van der Waals surface area contributed by atoms with Gasteiger partial charge in [-0.25, -0.2) is 0 Å². The van der Waals surface area contributed by atoms with Gasteiger partial charge in [0.15, 0.2) is 0 Å². The molecule has 8 nitrogen and oxygen atoms in total. The quantitative estimate of drug-likeness (QED) is 0.111. The van der Waals surface area contributed by atoms with E-state index in [1.807, 2.05) is 91.0 Å². The van der Waals surface area contributed by atoms with Gasteiger partial charge < -0.3 is 19.4 Å². The molecule has 0 aliphatic heterocycles. The number of aromatic nitrogens is 4. The third-order valence-electron chi connectivity index (χ3n) is 8.84. The van der Waals surface area contributed by atoms with Crippen LogP contribution in [0.1, 0.15) is 22.3 Å². The highest BCUT2D eigenvalue weighted by atomic mass is 79.9.